The molecular formula is C16H26FNO3. The molecule has 1 aromatic carbocycles. The zero-order valence-corrected chi connectivity index (χ0v) is 12.9. The zero-order valence-electron chi connectivity index (χ0n) is 12.9. The number of nitrogens with one attached hydrogen (secondary N) is 1. The van der Waals surface area contributed by atoms with Gasteiger partial charge in [-0.3, -0.25) is 0 Å². The first-order valence-corrected chi connectivity index (χ1v) is 7.42. The van der Waals surface area contributed by atoms with Gasteiger partial charge in [-0.2, -0.15) is 0 Å². The molecule has 1 N–H and O–H groups in total. The SMILES string of the molecule is CCCNCC(OCCOCCOC)c1cccc(F)c1. The smallest absolute Gasteiger partial charge is 0.123 e. The fraction of sp³-hybridized carbons (Fsp3) is 0.625. The Balaban J connectivity index is 2.41. The Kier molecular flexibility index (Phi) is 9.99. The Hall–Kier alpha value is -1.01. The van der Waals surface area contributed by atoms with E-state index < -0.39 is 0 Å². The molecule has 5 heteroatoms. The summed E-state index contributed by atoms with van der Waals surface area (Å²) in [6.45, 7) is 5.79. The van der Waals surface area contributed by atoms with Crippen molar-refractivity contribution in [2.75, 3.05) is 46.6 Å². The maximum absolute atomic E-state index is 13.3. The summed E-state index contributed by atoms with van der Waals surface area (Å²) in [5, 5.41) is 3.31. The molecule has 1 atom stereocenters. The van der Waals surface area contributed by atoms with Gasteiger partial charge in [-0.05, 0) is 30.7 Å². The van der Waals surface area contributed by atoms with Crippen LogP contribution in [0.25, 0.3) is 0 Å². The van der Waals surface area contributed by atoms with Gasteiger partial charge in [-0.25, -0.2) is 4.39 Å². The fourth-order valence-electron chi connectivity index (χ4n) is 1.88. The van der Waals surface area contributed by atoms with Crippen LogP contribution in [0.1, 0.15) is 25.0 Å². The minimum atomic E-state index is -0.243. The van der Waals surface area contributed by atoms with Gasteiger partial charge < -0.3 is 19.5 Å². The molecule has 0 heterocycles. The third-order valence-corrected chi connectivity index (χ3v) is 2.96. The van der Waals surface area contributed by atoms with Crippen molar-refractivity contribution in [3.05, 3.63) is 35.6 Å². The van der Waals surface area contributed by atoms with Crippen LogP contribution < -0.4 is 5.32 Å². The Morgan fingerprint density at radius 1 is 1.19 bits per heavy atom. The number of methoxy groups -OCH3 is 1. The molecule has 0 aliphatic heterocycles. The molecule has 120 valence electrons. The fourth-order valence-corrected chi connectivity index (χ4v) is 1.88. The van der Waals surface area contributed by atoms with Gasteiger partial charge in [0.25, 0.3) is 0 Å². The molecule has 0 radical (unpaired) electrons. The number of rotatable bonds is 12. The largest absolute Gasteiger partial charge is 0.382 e. The summed E-state index contributed by atoms with van der Waals surface area (Å²) >= 11 is 0. The predicted molar refractivity (Wildman–Crippen MR) is 80.9 cm³/mol. The molecule has 0 saturated heterocycles. The number of hydrogen-bond acceptors (Lipinski definition) is 4. The van der Waals surface area contributed by atoms with Crippen molar-refractivity contribution in [3.63, 3.8) is 0 Å². The van der Waals surface area contributed by atoms with Crippen molar-refractivity contribution in [2.24, 2.45) is 0 Å². The van der Waals surface area contributed by atoms with E-state index in [1.54, 1.807) is 13.2 Å². The van der Waals surface area contributed by atoms with E-state index in [-0.39, 0.29) is 11.9 Å². The summed E-state index contributed by atoms with van der Waals surface area (Å²) in [4.78, 5) is 0. The van der Waals surface area contributed by atoms with Gasteiger partial charge >= 0.3 is 0 Å². The lowest BCUT2D eigenvalue weighted by Crippen LogP contribution is -2.25. The van der Waals surface area contributed by atoms with Crippen LogP contribution in [0.2, 0.25) is 0 Å². The summed E-state index contributed by atoms with van der Waals surface area (Å²) < 4.78 is 29.4. The first-order chi connectivity index (χ1) is 10.3. The van der Waals surface area contributed by atoms with Crippen LogP contribution in [0.15, 0.2) is 24.3 Å². The van der Waals surface area contributed by atoms with Crippen molar-refractivity contribution in [2.45, 2.75) is 19.4 Å². The van der Waals surface area contributed by atoms with Gasteiger partial charge in [0.15, 0.2) is 0 Å². The molecule has 0 amide bonds. The predicted octanol–water partition coefficient (Wildman–Crippen LogP) is 2.55. The van der Waals surface area contributed by atoms with E-state index in [0.717, 1.165) is 18.5 Å². The molecule has 21 heavy (non-hydrogen) atoms. The van der Waals surface area contributed by atoms with Gasteiger partial charge in [-0.1, -0.05) is 19.1 Å². The molecule has 1 rings (SSSR count). The lowest BCUT2D eigenvalue weighted by atomic mass is 10.1. The lowest BCUT2D eigenvalue weighted by Gasteiger charge is -2.19. The molecule has 0 aliphatic rings. The van der Waals surface area contributed by atoms with Gasteiger partial charge in [0.2, 0.25) is 0 Å². The lowest BCUT2D eigenvalue weighted by molar-refractivity contribution is -0.00688. The summed E-state index contributed by atoms with van der Waals surface area (Å²) in [7, 11) is 1.64. The third kappa shape index (κ3) is 8.12. The maximum Gasteiger partial charge on any atom is 0.123 e. The summed E-state index contributed by atoms with van der Waals surface area (Å²) in [6.07, 6.45) is 0.883. The van der Waals surface area contributed by atoms with E-state index in [9.17, 15) is 4.39 Å². The van der Waals surface area contributed by atoms with Gasteiger partial charge in [0.1, 0.15) is 5.82 Å². The number of ether oxygens (including phenoxy) is 3. The van der Waals surface area contributed by atoms with Gasteiger partial charge in [0.05, 0.1) is 32.5 Å². The summed E-state index contributed by atoms with van der Waals surface area (Å²) in [5.74, 6) is -0.243. The minimum Gasteiger partial charge on any atom is -0.382 e. The highest BCUT2D eigenvalue weighted by atomic mass is 19.1. The first-order valence-electron chi connectivity index (χ1n) is 7.42. The zero-order chi connectivity index (χ0) is 15.3. The van der Waals surface area contributed by atoms with Crippen LogP contribution in [-0.2, 0) is 14.2 Å². The molecule has 0 aliphatic carbocycles. The number of benzene rings is 1. The molecule has 4 nitrogen and oxygen atoms in total. The summed E-state index contributed by atoms with van der Waals surface area (Å²) in [6, 6.07) is 6.54. The second-order valence-electron chi connectivity index (χ2n) is 4.72. The summed E-state index contributed by atoms with van der Waals surface area (Å²) in [5.41, 5.74) is 0.843. The van der Waals surface area contributed by atoms with E-state index in [2.05, 4.69) is 12.2 Å². The third-order valence-electron chi connectivity index (χ3n) is 2.96. The van der Waals surface area contributed by atoms with Crippen molar-refractivity contribution in [1.82, 2.24) is 5.32 Å². The number of halogens is 1. The monoisotopic (exact) mass is 299 g/mol. The Morgan fingerprint density at radius 3 is 2.71 bits per heavy atom. The van der Waals surface area contributed by atoms with E-state index in [1.807, 2.05) is 6.07 Å². The highest BCUT2D eigenvalue weighted by Gasteiger charge is 2.12. The van der Waals surface area contributed by atoms with E-state index in [1.165, 1.54) is 12.1 Å². The second-order valence-corrected chi connectivity index (χ2v) is 4.72. The van der Waals surface area contributed by atoms with E-state index in [0.29, 0.717) is 33.0 Å². The number of hydrogen-bond donors (Lipinski definition) is 1. The average molecular weight is 299 g/mol. The highest BCUT2D eigenvalue weighted by Crippen LogP contribution is 2.17. The molecule has 0 spiro atoms. The van der Waals surface area contributed by atoms with Crippen molar-refractivity contribution in [1.29, 1.82) is 0 Å². The molecule has 0 aromatic heterocycles. The standard InChI is InChI=1S/C16H26FNO3/c1-3-7-18-13-16(14-5-4-6-15(17)12-14)21-11-10-20-9-8-19-2/h4-6,12,16,18H,3,7-11,13H2,1-2H3. The Morgan fingerprint density at radius 2 is 2.00 bits per heavy atom. The first kappa shape index (κ1) is 18.0. The molecule has 1 aromatic rings. The van der Waals surface area contributed by atoms with Crippen molar-refractivity contribution < 1.29 is 18.6 Å². The van der Waals surface area contributed by atoms with Crippen LogP contribution in [-0.4, -0.2) is 46.6 Å². The Bertz CT molecular complexity index is 376. The van der Waals surface area contributed by atoms with Crippen LogP contribution in [0.4, 0.5) is 4.39 Å². The van der Waals surface area contributed by atoms with Crippen LogP contribution in [0.3, 0.4) is 0 Å². The second kappa shape index (κ2) is 11.6. The minimum absolute atomic E-state index is 0.168. The van der Waals surface area contributed by atoms with E-state index >= 15 is 0 Å². The molecule has 0 saturated carbocycles. The van der Waals surface area contributed by atoms with E-state index in [4.69, 9.17) is 14.2 Å². The average Bonchev–Trinajstić information content (AvgIpc) is 2.49. The molecule has 1 unspecified atom stereocenters. The van der Waals surface area contributed by atoms with Crippen LogP contribution >= 0.6 is 0 Å². The van der Waals surface area contributed by atoms with Crippen LogP contribution in [0.5, 0.6) is 0 Å². The Labute approximate surface area is 126 Å². The van der Waals surface area contributed by atoms with Crippen molar-refractivity contribution >= 4 is 0 Å². The van der Waals surface area contributed by atoms with Gasteiger partial charge in [0, 0.05) is 13.7 Å². The quantitative estimate of drug-likeness (QED) is 0.602. The topological polar surface area (TPSA) is 39.7 Å². The molecule has 0 fully saturated rings. The van der Waals surface area contributed by atoms with Gasteiger partial charge in [-0.15, -0.1) is 0 Å². The van der Waals surface area contributed by atoms with Crippen molar-refractivity contribution in [3.8, 4) is 0 Å². The highest BCUT2D eigenvalue weighted by molar-refractivity contribution is 5.19. The molecule has 0 bridgehead atoms. The maximum atomic E-state index is 13.3. The normalized spacial score (nSPS) is 12.5. The molecular weight excluding hydrogens is 273 g/mol. The van der Waals surface area contributed by atoms with Crippen LogP contribution in [0, 0.1) is 5.82 Å².